The number of rotatable bonds is 6. The fourth-order valence-electron chi connectivity index (χ4n) is 20.4. The summed E-state index contributed by atoms with van der Waals surface area (Å²) < 4.78 is 0. The molecule has 0 spiro atoms. The summed E-state index contributed by atoms with van der Waals surface area (Å²) in [6.45, 7) is 9.52. The Morgan fingerprint density at radius 1 is 0.136 bits per heavy atom. The van der Waals surface area contributed by atoms with Gasteiger partial charge in [-0.1, -0.05) is 355 Å². The molecule has 0 saturated heterocycles. The van der Waals surface area contributed by atoms with Crippen molar-refractivity contribution in [2.45, 2.75) is 38.5 Å². The topological polar surface area (TPSA) is 0 Å². The van der Waals surface area contributed by atoms with Crippen LogP contribution >= 0.6 is 0 Å². The van der Waals surface area contributed by atoms with Crippen molar-refractivity contribution in [2.24, 2.45) is 0 Å². The van der Waals surface area contributed by atoms with Gasteiger partial charge in [0, 0.05) is 10.8 Å². The molecule has 0 aromatic heterocycles. The van der Waals surface area contributed by atoms with Crippen molar-refractivity contribution >= 4 is 129 Å². The molecule has 110 heavy (non-hydrogen) atoms. The molecule has 0 unspecified atom stereocenters. The van der Waals surface area contributed by atoms with Crippen LogP contribution in [0.15, 0.2) is 364 Å². The molecule has 22 aromatic carbocycles. The molecular weight excluding hydrogens is 1320 g/mol. The minimum absolute atomic E-state index is 0.0719. The molecule has 0 fully saturated rings. The first kappa shape index (κ1) is 62.7. The van der Waals surface area contributed by atoms with Crippen LogP contribution in [0.3, 0.4) is 0 Å². The summed E-state index contributed by atoms with van der Waals surface area (Å²) in [6.07, 6.45) is 0. The van der Waals surface area contributed by atoms with Gasteiger partial charge in [0.1, 0.15) is 0 Å². The highest BCUT2D eigenvalue weighted by molar-refractivity contribution is 6.34. The van der Waals surface area contributed by atoms with Gasteiger partial charge in [0.15, 0.2) is 0 Å². The number of hydrogen-bond donors (Lipinski definition) is 0. The molecule has 512 valence electrons. The molecule has 22 aromatic rings. The Labute approximate surface area is 638 Å². The highest BCUT2D eigenvalue weighted by Crippen LogP contribution is 2.56. The maximum atomic E-state index is 2.51. The lowest BCUT2D eigenvalue weighted by Gasteiger charge is -2.23. The minimum Gasteiger partial charge on any atom is -0.0619 e. The quantitative estimate of drug-likeness (QED) is 0.146. The molecule has 0 saturated carbocycles. The van der Waals surface area contributed by atoms with Crippen LogP contribution in [0.25, 0.3) is 218 Å². The fourth-order valence-corrected chi connectivity index (χ4v) is 20.4. The van der Waals surface area contributed by atoms with Gasteiger partial charge in [0.2, 0.25) is 0 Å². The molecule has 0 amide bonds. The molecular formula is C110H72. The van der Waals surface area contributed by atoms with Gasteiger partial charge >= 0.3 is 0 Å². The second-order valence-corrected chi connectivity index (χ2v) is 32.0. The highest BCUT2D eigenvalue weighted by Gasteiger charge is 2.37. The van der Waals surface area contributed by atoms with E-state index in [9.17, 15) is 0 Å². The summed E-state index contributed by atoms with van der Waals surface area (Å²) >= 11 is 0. The standard InChI is InChI=1S/C59H38.C51H34/c1-59(2)55-22-12-11-21-46(55)47-27-25-38(33-56(47)59)51-34-54(53-32-37-14-4-6-16-40(37)42-18-8-10-20-44(42)53)50-28-24-35-23-26-45(48-29-30-49(51)58(50)57(35)48)52-31-36-13-3-5-15-39(36)41-17-7-9-19-43(41)52;1-51(2)47-20-8-7-17-40(47)41-25-23-34(29-48(41)51)45-30-46(38-19-10-14-32-12-4-6-16-36(32)38)44-26-22-33-21-24-39(42-27-28-43(45)50(44)49(33)42)37-18-9-13-31-11-3-5-15-35(31)37/h3-34H,1-2H3;3-30H,1-2H3. The van der Waals surface area contributed by atoms with Crippen LogP contribution in [-0.4, -0.2) is 0 Å². The van der Waals surface area contributed by atoms with Crippen molar-refractivity contribution in [1.29, 1.82) is 0 Å². The lowest BCUT2D eigenvalue weighted by Crippen LogP contribution is -2.14. The lowest BCUT2D eigenvalue weighted by molar-refractivity contribution is 0.660. The van der Waals surface area contributed by atoms with Crippen molar-refractivity contribution in [3.8, 4) is 89.0 Å². The first-order valence-electron chi connectivity index (χ1n) is 38.9. The van der Waals surface area contributed by atoms with Gasteiger partial charge in [0.05, 0.1) is 0 Å². The van der Waals surface area contributed by atoms with E-state index in [0.717, 1.165) is 0 Å². The number of benzene rings is 22. The molecule has 0 aliphatic heterocycles. The first-order valence-corrected chi connectivity index (χ1v) is 38.9. The van der Waals surface area contributed by atoms with Crippen molar-refractivity contribution in [3.63, 3.8) is 0 Å². The zero-order valence-electron chi connectivity index (χ0n) is 61.6. The molecule has 0 bridgehead atoms. The Kier molecular flexibility index (Phi) is 13.4. The molecule has 0 heteroatoms. The Bertz CT molecular complexity index is 7690. The summed E-state index contributed by atoms with van der Waals surface area (Å²) in [4.78, 5) is 0. The third-order valence-electron chi connectivity index (χ3n) is 25.6. The maximum Gasteiger partial charge on any atom is 0.0159 e. The van der Waals surface area contributed by atoms with Gasteiger partial charge in [0.25, 0.3) is 0 Å². The van der Waals surface area contributed by atoms with Gasteiger partial charge < -0.3 is 0 Å². The Morgan fingerprint density at radius 2 is 0.418 bits per heavy atom. The molecule has 24 rings (SSSR count). The van der Waals surface area contributed by atoms with Crippen molar-refractivity contribution in [3.05, 3.63) is 386 Å². The normalized spacial score (nSPS) is 13.4. The van der Waals surface area contributed by atoms with Gasteiger partial charge in [-0.3, -0.25) is 0 Å². The van der Waals surface area contributed by atoms with E-state index in [1.807, 2.05) is 0 Å². The van der Waals surface area contributed by atoms with Gasteiger partial charge in [-0.15, -0.1) is 0 Å². The molecule has 2 aliphatic rings. The zero-order valence-corrected chi connectivity index (χ0v) is 61.6. The van der Waals surface area contributed by atoms with Gasteiger partial charge in [-0.05, 0) is 277 Å². The van der Waals surface area contributed by atoms with Crippen LogP contribution in [0.5, 0.6) is 0 Å². The predicted molar refractivity (Wildman–Crippen MR) is 473 cm³/mol. The van der Waals surface area contributed by atoms with E-state index >= 15 is 0 Å². The molecule has 0 nitrogen and oxygen atoms in total. The summed E-state index contributed by atoms with van der Waals surface area (Å²) in [5.74, 6) is 0. The molecule has 0 atom stereocenters. The molecule has 0 heterocycles. The SMILES string of the molecule is CC1(C)c2ccccc2-c2ccc(-c3cc(-c4cc5ccccc5c5ccccc45)c4ccc5ccc(-c6cc7ccccc7c7ccccc67)c6ccc3c4c56)cc21.CC1(C)c2ccccc2-c2ccc(-c3cc(-c4cccc5ccccc45)c4ccc5ccc(-c6cccc7ccccc67)c6ccc3c4c56)cc21. The zero-order chi connectivity index (χ0) is 72.8. The Morgan fingerprint density at radius 3 is 0.891 bits per heavy atom. The lowest BCUT2D eigenvalue weighted by atomic mass is 9.80. The largest absolute Gasteiger partial charge is 0.0619 e. The van der Waals surface area contributed by atoms with E-state index in [2.05, 4.69) is 392 Å². The summed E-state index contributed by atoms with van der Waals surface area (Å²) in [5.41, 5.74) is 26.1. The van der Waals surface area contributed by atoms with Crippen LogP contribution in [0.1, 0.15) is 49.9 Å². The van der Waals surface area contributed by atoms with E-state index < -0.39 is 0 Å². The molecule has 0 N–H and O–H groups in total. The van der Waals surface area contributed by atoms with Crippen LogP contribution in [0, 0.1) is 0 Å². The average Bonchev–Trinajstić information content (AvgIpc) is 0.731. The van der Waals surface area contributed by atoms with Crippen LogP contribution in [0.4, 0.5) is 0 Å². The van der Waals surface area contributed by atoms with Crippen molar-refractivity contribution in [1.82, 2.24) is 0 Å². The van der Waals surface area contributed by atoms with E-state index in [4.69, 9.17) is 0 Å². The second kappa shape index (κ2) is 23.5. The smallest absolute Gasteiger partial charge is 0.0159 e. The van der Waals surface area contributed by atoms with Gasteiger partial charge in [-0.2, -0.15) is 0 Å². The van der Waals surface area contributed by atoms with Crippen LogP contribution in [0.2, 0.25) is 0 Å². The minimum atomic E-state index is -0.0966. The van der Waals surface area contributed by atoms with Crippen molar-refractivity contribution in [2.75, 3.05) is 0 Å². The van der Waals surface area contributed by atoms with E-state index in [1.165, 1.54) is 241 Å². The third-order valence-corrected chi connectivity index (χ3v) is 25.6. The average molecular weight is 1390 g/mol. The maximum absolute atomic E-state index is 2.51. The number of hydrogen-bond acceptors (Lipinski definition) is 0. The Balaban J connectivity index is 0.000000133. The van der Waals surface area contributed by atoms with E-state index in [0.29, 0.717) is 0 Å². The summed E-state index contributed by atoms with van der Waals surface area (Å²) in [6, 6.07) is 137. The van der Waals surface area contributed by atoms with E-state index in [-0.39, 0.29) is 10.8 Å². The monoisotopic (exact) mass is 1390 g/mol. The summed E-state index contributed by atoms with van der Waals surface area (Å²) in [5, 5.41) is 31.0. The van der Waals surface area contributed by atoms with Crippen LogP contribution in [-0.2, 0) is 10.8 Å². The molecule has 2 aliphatic carbocycles. The van der Waals surface area contributed by atoms with Gasteiger partial charge in [-0.25, -0.2) is 0 Å². The summed E-state index contributed by atoms with van der Waals surface area (Å²) in [7, 11) is 0. The Hall–Kier alpha value is -13.5. The second-order valence-electron chi connectivity index (χ2n) is 32.0. The number of fused-ring (bicyclic) bond motifs is 14. The van der Waals surface area contributed by atoms with Crippen molar-refractivity contribution < 1.29 is 0 Å². The highest BCUT2D eigenvalue weighted by atomic mass is 14.4. The first-order chi connectivity index (χ1) is 54.1. The van der Waals surface area contributed by atoms with Crippen LogP contribution < -0.4 is 0 Å². The van der Waals surface area contributed by atoms with E-state index in [1.54, 1.807) is 0 Å². The molecule has 0 radical (unpaired) electrons. The fraction of sp³-hybridized carbons (Fsp3) is 0.0545. The third kappa shape index (κ3) is 9.02. The predicted octanol–water partition coefficient (Wildman–Crippen LogP) is 30.7.